The lowest BCUT2D eigenvalue weighted by Crippen LogP contribution is -2.45. The fourth-order valence-corrected chi connectivity index (χ4v) is 4.03. The molecule has 0 bridgehead atoms. The summed E-state index contributed by atoms with van der Waals surface area (Å²) in [7, 11) is 1.33. The number of benzene rings is 1. The molecule has 144 valence electrons. The van der Waals surface area contributed by atoms with Gasteiger partial charge in [-0.05, 0) is 30.5 Å². The van der Waals surface area contributed by atoms with Crippen molar-refractivity contribution in [1.82, 2.24) is 15.5 Å². The van der Waals surface area contributed by atoms with E-state index in [2.05, 4.69) is 25.6 Å². The van der Waals surface area contributed by atoms with E-state index in [1.54, 1.807) is 12.1 Å². The molecule has 1 aromatic heterocycles. The standard InChI is InChI=1S/C18H21FN4O3S/c1-26-15(24)9-8-14-22-23-17(27-14)20-16(25)21-18(10-2-3-11-18)12-4-6-13(19)7-5-12/h4-7H,2-3,8-11H2,1H3,(H2,20,21,23,25). The molecule has 1 aliphatic rings. The number of amides is 2. The number of ether oxygens (including phenoxy) is 1. The maximum absolute atomic E-state index is 13.2. The number of carbonyl (C=O) groups is 2. The highest BCUT2D eigenvalue weighted by molar-refractivity contribution is 7.15. The maximum Gasteiger partial charge on any atom is 0.321 e. The average Bonchev–Trinajstić information content (AvgIpc) is 3.30. The first-order valence-corrected chi connectivity index (χ1v) is 9.57. The zero-order chi connectivity index (χ0) is 19.3. The molecule has 1 saturated carbocycles. The van der Waals surface area contributed by atoms with E-state index in [1.807, 2.05) is 0 Å². The zero-order valence-electron chi connectivity index (χ0n) is 15.0. The molecular formula is C18H21FN4O3S. The van der Waals surface area contributed by atoms with E-state index >= 15 is 0 Å². The summed E-state index contributed by atoms with van der Waals surface area (Å²) in [5.41, 5.74) is 0.392. The number of nitrogens with zero attached hydrogens (tertiary/aromatic N) is 2. The topological polar surface area (TPSA) is 93.2 Å². The molecule has 2 amide bonds. The van der Waals surface area contributed by atoms with E-state index in [4.69, 9.17) is 0 Å². The van der Waals surface area contributed by atoms with Gasteiger partial charge < -0.3 is 10.1 Å². The van der Waals surface area contributed by atoms with Crippen LogP contribution in [0.2, 0.25) is 0 Å². The van der Waals surface area contributed by atoms with Crippen LogP contribution in [-0.2, 0) is 21.5 Å². The first kappa shape index (κ1) is 19.2. The molecule has 0 saturated heterocycles. The smallest absolute Gasteiger partial charge is 0.321 e. The van der Waals surface area contributed by atoms with Crippen molar-refractivity contribution >= 4 is 28.5 Å². The number of carbonyl (C=O) groups excluding carboxylic acids is 2. The predicted molar refractivity (Wildman–Crippen MR) is 98.9 cm³/mol. The van der Waals surface area contributed by atoms with Crippen molar-refractivity contribution in [3.8, 4) is 0 Å². The van der Waals surface area contributed by atoms with Gasteiger partial charge in [-0.25, -0.2) is 9.18 Å². The normalized spacial score (nSPS) is 15.3. The highest BCUT2D eigenvalue weighted by Gasteiger charge is 2.37. The Balaban J connectivity index is 1.63. The molecule has 0 unspecified atom stereocenters. The molecule has 2 aromatic rings. The summed E-state index contributed by atoms with van der Waals surface area (Å²) in [6.45, 7) is 0. The molecule has 3 rings (SSSR count). The number of hydrogen-bond acceptors (Lipinski definition) is 6. The second-order valence-corrected chi connectivity index (χ2v) is 7.51. The predicted octanol–water partition coefficient (Wildman–Crippen LogP) is 3.37. The molecule has 1 aliphatic carbocycles. The largest absolute Gasteiger partial charge is 0.469 e. The van der Waals surface area contributed by atoms with Crippen molar-refractivity contribution < 1.29 is 18.7 Å². The summed E-state index contributed by atoms with van der Waals surface area (Å²) in [6, 6.07) is 5.88. The Morgan fingerprint density at radius 1 is 1.22 bits per heavy atom. The lowest BCUT2D eigenvalue weighted by molar-refractivity contribution is -0.140. The lowest BCUT2D eigenvalue weighted by Gasteiger charge is -2.30. The summed E-state index contributed by atoms with van der Waals surface area (Å²) in [5, 5.41) is 14.6. The van der Waals surface area contributed by atoms with Gasteiger partial charge in [-0.2, -0.15) is 0 Å². The first-order chi connectivity index (χ1) is 13.0. The van der Waals surface area contributed by atoms with Gasteiger partial charge in [-0.1, -0.05) is 36.3 Å². The molecule has 1 fully saturated rings. The zero-order valence-corrected chi connectivity index (χ0v) is 15.8. The summed E-state index contributed by atoms with van der Waals surface area (Å²) in [5.74, 6) is -0.621. The average molecular weight is 392 g/mol. The fourth-order valence-electron chi connectivity index (χ4n) is 3.30. The lowest BCUT2D eigenvalue weighted by atomic mass is 9.88. The molecule has 1 aromatic carbocycles. The minimum atomic E-state index is -0.504. The van der Waals surface area contributed by atoms with Gasteiger partial charge in [0.15, 0.2) is 0 Å². The molecule has 0 spiro atoms. The van der Waals surface area contributed by atoms with Crippen molar-refractivity contribution in [2.24, 2.45) is 0 Å². The van der Waals surface area contributed by atoms with Crippen LogP contribution in [0.15, 0.2) is 24.3 Å². The summed E-state index contributed by atoms with van der Waals surface area (Å²) in [4.78, 5) is 23.7. The monoisotopic (exact) mass is 392 g/mol. The Morgan fingerprint density at radius 3 is 2.59 bits per heavy atom. The number of aryl methyl sites for hydroxylation is 1. The van der Waals surface area contributed by atoms with Gasteiger partial charge in [0.1, 0.15) is 10.8 Å². The van der Waals surface area contributed by atoms with Crippen LogP contribution in [0.4, 0.5) is 14.3 Å². The molecule has 0 radical (unpaired) electrons. The first-order valence-electron chi connectivity index (χ1n) is 8.75. The van der Waals surface area contributed by atoms with Gasteiger partial charge in [0.2, 0.25) is 5.13 Å². The molecule has 7 nitrogen and oxygen atoms in total. The van der Waals surface area contributed by atoms with Crippen LogP contribution < -0.4 is 10.6 Å². The van der Waals surface area contributed by atoms with Gasteiger partial charge in [0, 0.05) is 6.42 Å². The second kappa shape index (κ2) is 8.43. The molecule has 0 atom stereocenters. The second-order valence-electron chi connectivity index (χ2n) is 6.45. The number of urea groups is 1. The Bertz CT molecular complexity index is 803. The van der Waals surface area contributed by atoms with E-state index in [1.165, 1.54) is 30.6 Å². The number of nitrogens with one attached hydrogen (secondary N) is 2. The van der Waals surface area contributed by atoms with Gasteiger partial charge in [0.05, 0.1) is 19.1 Å². The molecular weight excluding hydrogens is 371 g/mol. The number of halogens is 1. The van der Waals surface area contributed by atoms with E-state index in [-0.39, 0.29) is 24.2 Å². The summed E-state index contributed by atoms with van der Waals surface area (Å²) >= 11 is 1.22. The third kappa shape index (κ3) is 4.79. The number of methoxy groups -OCH3 is 1. The molecule has 9 heteroatoms. The van der Waals surface area contributed by atoms with Crippen LogP contribution in [0.5, 0.6) is 0 Å². The van der Waals surface area contributed by atoms with Crippen LogP contribution in [0.25, 0.3) is 0 Å². The number of anilines is 1. The van der Waals surface area contributed by atoms with Crippen LogP contribution >= 0.6 is 11.3 Å². The van der Waals surface area contributed by atoms with E-state index in [0.717, 1.165) is 31.2 Å². The van der Waals surface area contributed by atoms with Crippen molar-refractivity contribution in [3.63, 3.8) is 0 Å². The number of rotatable bonds is 6. The maximum atomic E-state index is 13.2. The Kier molecular flexibility index (Phi) is 6.00. The van der Waals surface area contributed by atoms with E-state index in [9.17, 15) is 14.0 Å². The molecule has 2 N–H and O–H groups in total. The number of esters is 1. The molecule has 1 heterocycles. The molecule has 0 aliphatic heterocycles. The van der Waals surface area contributed by atoms with Crippen LogP contribution in [-0.4, -0.2) is 29.3 Å². The van der Waals surface area contributed by atoms with Gasteiger partial charge in [-0.3, -0.25) is 10.1 Å². The summed E-state index contributed by atoms with van der Waals surface area (Å²) in [6.07, 6.45) is 4.21. The van der Waals surface area contributed by atoms with E-state index < -0.39 is 5.54 Å². The Labute approximate surface area is 160 Å². The summed E-state index contributed by atoms with van der Waals surface area (Å²) < 4.78 is 17.8. The van der Waals surface area contributed by atoms with Gasteiger partial charge in [-0.15, -0.1) is 10.2 Å². The Morgan fingerprint density at radius 2 is 1.93 bits per heavy atom. The van der Waals surface area contributed by atoms with Gasteiger partial charge >= 0.3 is 12.0 Å². The highest BCUT2D eigenvalue weighted by atomic mass is 32.1. The fraction of sp³-hybridized carbons (Fsp3) is 0.444. The minimum Gasteiger partial charge on any atom is -0.469 e. The minimum absolute atomic E-state index is 0.213. The van der Waals surface area contributed by atoms with Crippen molar-refractivity contribution in [1.29, 1.82) is 0 Å². The third-order valence-electron chi connectivity index (χ3n) is 4.66. The number of hydrogen-bond donors (Lipinski definition) is 2. The van der Waals surface area contributed by atoms with Crippen molar-refractivity contribution in [3.05, 3.63) is 40.7 Å². The SMILES string of the molecule is COC(=O)CCc1nnc(NC(=O)NC2(c3ccc(F)cc3)CCCC2)s1. The third-order valence-corrected chi connectivity index (χ3v) is 5.56. The van der Waals surface area contributed by atoms with Crippen LogP contribution in [0, 0.1) is 5.82 Å². The molecule has 27 heavy (non-hydrogen) atoms. The Hall–Kier alpha value is -2.55. The van der Waals surface area contributed by atoms with Crippen molar-refractivity contribution in [2.75, 3.05) is 12.4 Å². The highest BCUT2D eigenvalue weighted by Crippen LogP contribution is 2.38. The van der Waals surface area contributed by atoms with Crippen LogP contribution in [0.1, 0.15) is 42.7 Å². The number of aromatic nitrogens is 2. The van der Waals surface area contributed by atoms with Crippen molar-refractivity contribution in [2.45, 2.75) is 44.1 Å². The van der Waals surface area contributed by atoms with E-state index in [0.29, 0.717) is 16.6 Å². The quantitative estimate of drug-likeness (QED) is 0.735. The van der Waals surface area contributed by atoms with Crippen LogP contribution in [0.3, 0.4) is 0 Å². The van der Waals surface area contributed by atoms with Gasteiger partial charge in [0.25, 0.3) is 0 Å².